The Morgan fingerprint density at radius 1 is 1.09 bits per heavy atom. The number of carbonyl (C=O) groups is 1. The molecule has 1 aromatic carbocycles. The van der Waals surface area contributed by atoms with Crippen LogP contribution in [0, 0.1) is 18.7 Å². The average molecular weight is 469 g/mol. The number of amides is 1. The van der Waals surface area contributed by atoms with Crippen molar-refractivity contribution in [2.75, 3.05) is 12.4 Å². The summed E-state index contributed by atoms with van der Waals surface area (Å²) < 4.78 is 29.6. The predicted molar refractivity (Wildman–Crippen MR) is 124 cm³/mol. The summed E-state index contributed by atoms with van der Waals surface area (Å²) in [6, 6.07) is 6.45. The summed E-state index contributed by atoms with van der Waals surface area (Å²) in [6.45, 7) is 1.90. The zero-order valence-corrected chi connectivity index (χ0v) is 19.0. The molecule has 4 N–H and O–H groups in total. The zero-order chi connectivity index (χ0) is 24.1. The fraction of sp³-hybridized carbons (Fsp3) is 0.417. The molecule has 2 saturated carbocycles. The van der Waals surface area contributed by atoms with Crippen molar-refractivity contribution in [3.63, 3.8) is 0 Å². The van der Waals surface area contributed by atoms with E-state index in [1.54, 1.807) is 25.1 Å². The lowest BCUT2D eigenvalue weighted by Gasteiger charge is -2.30. The van der Waals surface area contributed by atoms with Crippen LogP contribution < -0.4 is 21.5 Å². The van der Waals surface area contributed by atoms with Gasteiger partial charge in [0, 0.05) is 30.2 Å². The lowest BCUT2D eigenvalue weighted by molar-refractivity contribution is 0.0957. The molecule has 34 heavy (non-hydrogen) atoms. The summed E-state index contributed by atoms with van der Waals surface area (Å²) in [6.07, 6.45) is 4.19. The van der Waals surface area contributed by atoms with E-state index in [-0.39, 0.29) is 28.0 Å². The first-order valence-corrected chi connectivity index (χ1v) is 11.3. The van der Waals surface area contributed by atoms with E-state index < -0.39 is 23.2 Å². The van der Waals surface area contributed by atoms with Crippen molar-refractivity contribution in [1.82, 2.24) is 25.6 Å². The van der Waals surface area contributed by atoms with Gasteiger partial charge in [-0.15, -0.1) is 0 Å². The van der Waals surface area contributed by atoms with Crippen LogP contribution in [0.15, 0.2) is 29.1 Å². The Bertz CT molecular complexity index is 1350. The van der Waals surface area contributed by atoms with E-state index >= 15 is 4.39 Å². The first kappa shape index (κ1) is 22.4. The van der Waals surface area contributed by atoms with E-state index in [2.05, 4.69) is 30.9 Å². The normalized spacial score (nSPS) is 23.4. The number of H-pyrrole nitrogens is 1. The molecule has 2 bridgehead atoms. The second kappa shape index (κ2) is 8.12. The summed E-state index contributed by atoms with van der Waals surface area (Å²) in [4.78, 5) is 34.1. The molecule has 178 valence electrons. The number of benzene rings is 1. The fourth-order valence-electron chi connectivity index (χ4n) is 5.36. The quantitative estimate of drug-likeness (QED) is 0.414. The van der Waals surface area contributed by atoms with Gasteiger partial charge in [-0.2, -0.15) is 4.39 Å². The number of aromatic nitrogens is 3. The van der Waals surface area contributed by atoms with E-state index in [0.717, 1.165) is 32.1 Å². The monoisotopic (exact) mass is 468 g/mol. The van der Waals surface area contributed by atoms with Gasteiger partial charge in [-0.3, -0.25) is 9.59 Å². The first-order chi connectivity index (χ1) is 16.2. The van der Waals surface area contributed by atoms with Crippen LogP contribution >= 0.6 is 0 Å². The third-order valence-electron chi connectivity index (χ3n) is 7.26. The first-order valence-electron chi connectivity index (χ1n) is 11.3. The summed E-state index contributed by atoms with van der Waals surface area (Å²) >= 11 is 0. The number of anilines is 1. The standard InChI is InChI=1S/C24H26F2N6O2/c1-13-21(33)31-19-15(29-13)4-3-14(18(19)25)11-28-23-7-9-24(12-23,10-8-23)32-16-5-6-17(22(34)27-2)30-20(16)26/h3-6,28,32H,7-12H2,1-2H3,(H,27,34)(H,31,33). The fourth-order valence-corrected chi connectivity index (χ4v) is 5.36. The van der Waals surface area contributed by atoms with Gasteiger partial charge in [-0.05, 0) is 57.2 Å². The number of rotatable bonds is 6. The molecule has 5 rings (SSSR count). The number of hydrogen-bond donors (Lipinski definition) is 4. The molecule has 0 atom stereocenters. The van der Waals surface area contributed by atoms with Gasteiger partial charge in [0.05, 0.1) is 11.2 Å². The molecule has 2 aromatic heterocycles. The second-order valence-corrected chi connectivity index (χ2v) is 9.41. The Labute approximate surface area is 194 Å². The molecular weight excluding hydrogens is 442 g/mol. The second-order valence-electron chi connectivity index (χ2n) is 9.41. The Balaban J connectivity index is 1.30. The number of nitrogens with one attached hydrogen (secondary N) is 4. The third kappa shape index (κ3) is 3.81. The SMILES string of the molecule is CNC(=O)c1ccc(NC23CCC(NCc4ccc5nc(C)c(=O)[nH]c5c4F)(CC2)C3)c(F)n1. The Morgan fingerprint density at radius 3 is 2.53 bits per heavy atom. The molecular formula is C24H26F2N6O2. The average Bonchev–Trinajstić information content (AvgIpc) is 3.37. The maximum Gasteiger partial charge on any atom is 0.269 e. The largest absolute Gasteiger partial charge is 0.376 e. The van der Waals surface area contributed by atoms with E-state index in [0.29, 0.717) is 23.3 Å². The number of aromatic amines is 1. The molecule has 10 heteroatoms. The van der Waals surface area contributed by atoms with E-state index in [1.165, 1.54) is 13.1 Å². The van der Waals surface area contributed by atoms with Crippen LogP contribution in [0.5, 0.6) is 0 Å². The Kier molecular flexibility index (Phi) is 5.35. The van der Waals surface area contributed by atoms with Gasteiger partial charge >= 0.3 is 0 Å². The number of carbonyl (C=O) groups excluding carboxylic acids is 1. The predicted octanol–water partition coefficient (Wildman–Crippen LogP) is 2.92. The molecule has 0 unspecified atom stereocenters. The van der Waals surface area contributed by atoms with Gasteiger partial charge in [0.15, 0.2) is 5.82 Å². The minimum atomic E-state index is -0.705. The molecule has 0 spiro atoms. The lowest BCUT2D eigenvalue weighted by Crippen LogP contribution is -2.40. The minimum absolute atomic E-state index is 0.0287. The zero-order valence-electron chi connectivity index (χ0n) is 19.0. The highest BCUT2D eigenvalue weighted by Gasteiger charge is 2.54. The number of halogens is 2. The van der Waals surface area contributed by atoms with Crippen molar-refractivity contribution in [3.8, 4) is 0 Å². The molecule has 1 amide bonds. The van der Waals surface area contributed by atoms with Gasteiger partial charge in [0.25, 0.3) is 11.5 Å². The van der Waals surface area contributed by atoms with Crippen LogP contribution in [0.1, 0.15) is 53.8 Å². The van der Waals surface area contributed by atoms with Crippen LogP contribution in [0.3, 0.4) is 0 Å². The van der Waals surface area contributed by atoms with Gasteiger partial charge in [0.2, 0.25) is 5.95 Å². The summed E-state index contributed by atoms with van der Waals surface area (Å²) in [5, 5.41) is 9.31. The molecule has 3 aromatic rings. The van der Waals surface area contributed by atoms with Gasteiger partial charge in [-0.1, -0.05) is 6.07 Å². The van der Waals surface area contributed by atoms with Crippen molar-refractivity contribution in [2.45, 2.75) is 56.7 Å². The van der Waals surface area contributed by atoms with Crippen LogP contribution in [0.4, 0.5) is 14.5 Å². The molecule has 0 aliphatic heterocycles. The van der Waals surface area contributed by atoms with E-state index in [4.69, 9.17) is 0 Å². The van der Waals surface area contributed by atoms with Crippen LogP contribution in [-0.2, 0) is 6.54 Å². The maximum atomic E-state index is 15.1. The third-order valence-corrected chi connectivity index (χ3v) is 7.26. The molecule has 2 heterocycles. The van der Waals surface area contributed by atoms with Crippen molar-refractivity contribution >= 4 is 22.6 Å². The van der Waals surface area contributed by atoms with Gasteiger partial charge in [0.1, 0.15) is 16.9 Å². The number of nitrogens with zero attached hydrogens (tertiary/aromatic N) is 2. The van der Waals surface area contributed by atoms with Crippen LogP contribution in [-0.4, -0.2) is 39.0 Å². The number of hydrogen-bond acceptors (Lipinski definition) is 6. The topological polar surface area (TPSA) is 112 Å². The van der Waals surface area contributed by atoms with Crippen LogP contribution in [0.2, 0.25) is 0 Å². The Morgan fingerprint density at radius 2 is 1.82 bits per heavy atom. The van der Waals surface area contributed by atoms with E-state index in [9.17, 15) is 14.0 Å². The highest BCUT2D eigenvalue weighted by molar-refractivity contribution is 5.92. The molecule has 0 radical (unpaired) electrons. The molecule has 2 aliphatic rings. The van der Waals surface area contributed by atoms with Gasteiger partial charge in [-0.25, -0.2) is 14.4 Å². The minimum Gasteiger partial charge on any atom is -0.376 e. The Hall–Kier alpha value is -3.40. The lowest BCUT2D eigenvalue weighted by atomic mass is 9.91. The van der Waals surface area contributed by atoms with Gasteiger partial charge < -0.3 is 20.9 Å². The highest BCUT2D eigenvalue weighted by Crippen LogP contribution is 2.52. The molecule has 2 aliphatic carbocycles. The van der Waals surface area contributed by atoms with Crippen molar-refractivity contribution < 1.29 is 13.6 Å². The number of pyridine rings is 1. The van der Waals surface area contributed by atoms with Crippen molar-refractivity contribution in [3.05, 3.63) is 63.3 Å². The molecule has 2 fully saturated rings. The number of aryl methyl sites for hydroxylation is 1. The smallest absolute Gasteiger partial charge is 0.269 e. The van der Waals surface area contributed by atoms with Crippen molar-refractivity contribution in [2.24, 2.45) is 0 Å². The van der Waals surface area contributed by atoms with E-state index in [1.807, 2.05) is 0 Å². The number of fused-ring (bicyclic) bond motifs is 3. The summed E-state index contributed by atoms with van der Waals surface area (Å²) in [7, 11) is 1.47. The maximum absolute atomic E-state index is 15.1. The molecule has 0 saturated heterocycles. The van der Waals surface area contributed by atoms with Crippen molar-refractivity contribution in [1.29, 1.82) is 0 Å². The van der Waals surface area contributed by atoms with Crippen LogP contribution in [0.25, 0.3) is 11.0 Å². The summed E-state index contributed by atoms with van der Waals surface area (Å²) in [5.41, 5.74) is 0.732. The summed E-state index contributed by atoms with van der Waals surface area (Å²) in [5.74, 6) is -1.62. The molecule has 8 nitrogen and oxygen atoms in total. The highest BCUT2D eigenvalue weighted by atomic mass is 19.1.